The Morgan fingerprint density at radius 1 is 1.08 bits per heavy atom. The zero-order chi connectivity index (χ0) is 26.8. The van der Waals surface area contributed by atoms with Crippen LogP contribution in [0.5, 0.6) is 11.5 Å². The molecule has 1 heterocycles. The molecule has 10 heteroatoms. The third kappa shape index (κ3) is 7.57. The summed E-state index contributed by atoms with van der Waals surface area (Å²) in [5.41, 5.74) is 1.53. The second kappa shape index (κ2) is 13.1. The molecule has 0 spiro atoms. The van der Waals surface area contributed by atoms with Gasteiger partial charge in [0.25, 0.3) is 5.91 Å². The Balaban J connectivity index is 1.76. The molecule has 0 aliphatic carbocycles. The first-order valence-electron chi connectivity index (χ1n) is 11.8. The average Bonchev–Trinajstić information content (AvgIpc) is 2.89. The molecule has 1 atom stereocenters. The lowest BCUT2D eigenvalue weighted by Crippen LogP contribution is -2.58. The largest absolute Gasteiger partial charge is 0.493 e. The van der Waals surface area contributed by atoms with Crippen LogP contribution in [0, 0.1) is 0 Å². The summed E-state index contributed by atoms with van der Waals surface area (Å²) in [5.74, 6) is -1.17. The van der Waals surface area contributed by atoms with Gasteiger partial charge in [-0.3, -0.25) is 19.2 Å². The van der Waals surface area contributed by atoms with Crippen molar-refractivity contribution >= 4 is 29.8 Å². The van der Waals surface area contributed by atoms with Crippen molar-refractivity contribution in [1.29, 1.82) is 0 Å². The molecule has 2 aromatic carbocycles. The van der Waals surface area contributed by atoms with Crippen LogP contribution in [0.15, 0.2) is 54.2 Å². The maximum Gasteiger partial charge on any atom is 0.308 e. The summed E-state index contributed by atoms with van der Waals surface area (Å²) in [7, 11) is 2.99. The zero-order valence-electron chi connectivity index (χ0n) is 21.1. The van der Waals surface area contributed by atoms with Crippen LogP contribution in [0.4, 0.5) is 0 Å². The molecule has 2 N–H and O–H groups in total. The highest BCUT2D eigenvalue weighted by Gasteiger charge is 2.36. The van der Waals surface area contributed by atoms with Crippen LogP contribution in [0.1, 0.15) is 24.5 Å². The normalized spacial score (nSPS) is 15.4. The van der Waals surface area contributed by atoms with E-state index in [1.807, 2.05) is 30.3 Å². The van der Waals surface area contributed by atoms with Crippen LogP contribution >= 0.6 is 0 Å². The number of piperazine rings is 1. The molecule has 1 fully saturated rings. The number of nitrogens with one attached hydrogen (secondary N) is 2. The van der Waals surface area contributed by atoms with Crippen LogP contribution in [0.2, 0.25) is 0 Å². The minimum absolute atomic E-state index is 0.0446. The molecular formula is C27H31N3O7. The fourth-order valence-electron chi connectivity index (χ4n) is 3.91. The smallest absolute Gasteiger partial charge is 0.308 e. The van der Waals surface area contributed by atoms with Crippen LogP contribution in [-0.4, -0.2) is 68.5 Å². The van der Waals surface area contributed by atoms with E-state index in [0.717, 1.165) is 5.56 Å². The topological polar surface area (TPSA) is 123 Å². The molecule has 1 saturated heterocycles. The Labute approximate surface area is 215 Å². The predicted molar refractivity (Wildman–Crippen MR) is 136 cm³/mol. The van der Waals surface area contributed by atoms with Crippen molar-refractivity contribution in [3.63, 3.8) is 0 Å². The highest BCUT2D eigenvalue weighted by molar-refractivity contribution is 6.03. The summed E-state index contributed by atoms with van der Waals surface area (Å²) in [6, 6.07) is 13.5. The number of hydrogen-bond donors (Lipinski definition) is 2. The number of esters is 1. The standard InChI is InChI=1S/C27H31N3O7/c1-18(31)29-21(15-20-9-10-23(35-2)24(16-20)36-3)27(34)30-13-12-28-26(33)22(30)17-25(32)37-14-11-19-7-5-4-6-8-19/h4-10,15-16,22H,11-14,17H2,1-3H3,(H,28,33)(H,29,31)/b21-15-. The summed E-state index contributed by atoms with van der Waals surface area (Å²) in [4.78, 5) is 51.9. The molecular weight excluding hydrogens is 478 g/mol. The molecule has 10 nitrogen and oxygen atoms in total. The van der Waals surface area contributed by atoms with Gasteiger partial charge in [-0.2, -0.15) is 0 Å². The molecule has 2 aromatic rings. The highest BCUT2D eigenvalue weighted by atomic mass is 16.5. The first-order valence-corrected chi connectivity index (χ1v) is 11.8. The van der Waals surface area contributed by atoms with Gasteiger partial charge in [0.05, 0.1) is 27.2 Å². The van der Waals surface area contributed by atoms with Gasteiger partial charge in [0, 0.05) is 26.4 Å². The van der Waals surface area contributed by atoms with Crippen LogP contribution in [0.3, 0.4) is 0 Å². The number of methoxy groups -OCH3 is 2. The van der Waals surface area contributed by atoms with Crippen molar-refractivity contribution in [3.8, 4) is 11.5 Å². The molecule has 0 saturated carbocycles. The molecule has 1 aliphatic heterocycles. The molecule has 0 bridgehead atoms. The first kappa shape index (κ1) is 27.3. The lowest BCUT2D eigenvalue weighted by Gasteiger charge is -2.35. The van der Waals surface area contributed by atoms with Gasteiger partial charge in [-0.05, 0) is 29.3 Å². The average molecular weight is 510 g/mol. The fraction of sp³-hybridized carbons (Fsp3) is 0.333. The fourth-order valence-corrected chi connectivity index (χ4v) is 3.91. The first-order chi connectivity index (χ1) is 17.8. The Hall–Kier alpha value is -4.34. The van der Waals surface area contributed by atoms with Gasteiger partial charge in [0.15, 0.2) is 11.5 Å². The van der Waals surface area contributed by atoms with E-state index in [4.69, 9.17) is 14.2 Å². The molecule has 0 aromatic heterocycles. The van der Waals surface area contributed by atoms with Gasteiger partial charge in [0.1, 0.15) is 11.7 Å². The third-order valence-electron chi connectivity index (χ3n) is 5.71. The maximum atomic E-state index is 13.5. The van der Waals surface area contributed by atoms with E-state index in [2.05, 4.69) is 10.6 Å². The quantitative estimate of drug-likeness (QED) is 0.369. The Kier molecular flexibility index (Phi) is 9.65. The number of carbonyl (C=O) groups is 4. The zero-order valence-corrected chi connectivity index (χ0v) is 21.1. The number of nitrogens with zero attached hydrogens (tertiary/aromatic N) is 1. The van der Waals surface area contributed by atoms with Gasteiger partial charge < -0.3 is 29.7 Å². The van der Waals surface area contributed by atoms with E-state index >= 15 is 0 Å². The number of benzene rings is 2. The number of hydrogen-bond acceptors (Lipinski definition) is 7. The van der Waals surface area contributed by atoms with Gasteiger partial charge in [0.2, 0.25) is 11.8 Å². The third-order valence-corrected chi connectivity index (χ3v) is 5.71. The second-order valence-electron chi connectivity index (χ2n) is 8.32. The molecule has 3 rings (SSSR count). The number of amides is 3. The van der Waals surface area contributed by atoms with Crippen LogP contribution < -0.4 is 20.1 Å². The highest BCUT2D eigenvalue weighted by Crippen LogP contribution is 2.28. The van der Waals surface area contributed by atoms with E-state index in [1.165, 1.54) is 32.1 Å². The minimum Gasteiger partial charge on any atom is -0.493 e. The number of rotatable bonds is 10. The van der Waals surface area contributed by atoms with Crippen molar-refractivity contribution in [2.75, 3.05) is 33.9 Å². The number of ether oxygens (including phenoxy) is 3. The molecule has 37 heavy (non-hydrogen) atoms. The van der Waals surface area contributed by atoms with Crippen LogP contribution in [-0.2, 0) is 30.3 Å². The Morgan fingerprint density at radius 3 is 2.49 bits per heavy atom. The molecule has 196 valence electrons. The summed E-state index contributed by atoms with van der Waals surface area (Å²) >= 11 is 0. The van der Waals surface area contributed by atoms with Gasteiger partial charge in [-0.25, -0.2) is 0 Å². The van der Waals surface area contributed by atoms with Crippen molar-refractivity contribution in [2.45, 2.75) is 25.8 Å². The summed E-state index contributed by atoms with van der Waals surface area (Å²) in [6.45, 7) is 1.81. The molecule has 3 amide bonds. The molecule has 1 aliphatic rings. The molecule has 1 unspecified atom stereocenters. The summed E-state index contributed by atoms with van der Waals surface area (Å²) in [6.07, 6.45) is 1.70. The monoisotopic (exact) mass is 509 g/mol. The van der Waals surface area contributed by atoms with Gasteiger partial charge in [-0.15, -0.1) is 0 Å². The number of carbonyl (C=O) groups excluding carboxylic acids is 4. The second-order valence-corrected chi connectivity index (χ2v) is 8.32. The Morgan fingerprint density at radius 2 is 1.81 bits per heavy atom. The van der Waals surface area contributed by atoms with E-state index in [1.54, 1.807) is 18.2 Å². The van der Waals surface area contributed by atoms with Crippen LogP contribution in [0.25, 0.3) is 6.08 Å². The van der Waals surface area contributed by atoms with E-state index in [9.17, 15) is 19.2 Å². The maximum absolute atomic E-state index is 13.5. The minimum atomic E-state index is -1.08. The predicted octanol–water partition coefficient (Wildman–Crippen LogP) is 1.68. The van der Waals surface area contributed by atoms with E-state index in [0.29, 0.717) is 23.5 Å². The van der Waals surface area contributed by atoms with E-state index in [-0.39, 0.29) is 31.8 Å². The molecule has 0 radical (unpaired) electrons. The van der Waals surface area contributed by atoms with Crippen molar-refractivity contribution in [3.05, 3.63) is 65.4 Å². The van der Waals surface area contributed by atoms with Crippen molar-refractivity contribution < 1.29 is 33.4 Å². The van der Waals surface area contributed by atoms with Gasteiger partial charge >= 0.3 is 5.97 Å². The Bertz CT molecular complexity index is 1160. The SMILES string of the molecule is COc1ccc(/C=C(\NC(C)=O)C(=O)N2CCNC(=O)C2CC(=O)OCCc2ccccc2)cc1OC. The van der Waals surface area contributed by atoms with E-state index < -0.39 is 29.7 Å². The lowest BCUT2D eigenvalue weighted by atomic mass is 10.1. The van der Waals surface area contributed by atoms with Crippen molar-refractivity contribution in [1.82, 2.24) is 15.5 Å². The summed E-state index contributed by atoms with van der Waals surface area (Å²) < 4.78 is 15.9. The van der Waals surface area contributed by atoms with Crippen molar-refractivity contribution in [2.24, 2.45) is 0 Å². The van der Waals surface area contributed by atoms with Gasteiger partial charge in [-0.1, -0.05) is 36.4 Å². The summed E-state index contributed by atoms with van der Waals surface area (Å²) in [5, 5.41) is 5.23. The lowest BCUT2D eigenvalue weighted by molar-refractivity contribution is -0.151.